The van der Waals surface area contributed by atoms with Crippen molar-refractivity contribution in [1.29, 1.82) is 5.41 Å². The third-order valence-corrected chi connectivity index (χ3v) is 3.72. The molecule has 0 unspecified atom stereocenters. The maximum atomic E-state index is 7.31. The molecule has 1 aliphatic carbocycles. The zero-order valence-corrected chi connectivity index (χ0v) is 11.6. The van der Waals surface area contributed by atoms with Crippen LogP contribution in [0.1, 0.15) is 24.8 Å². The molecule has 3 nitrogen and oxygen atoms in total. The van der Waals surface area contributed by atoms with E-state index >= 15 is 0 Å². The Morgan fingerprint density at radius 3 is 2.72 bits per heavy atom. The Labute approximate surface area is 117 Å². The molecule has 0 bridgehead atoms. The molecule has 0 spiro atoms. The molecule has 98 valence electrons. The smallest absolute Gasteiger partial charge is 0.0918 e. The van der Waals surface area contributed by atoms with Gasteiger partial charge in [-0.25, -0.2) is 0 Å². The van der Waals surface area contributed by atoms with Gasteiger partial charge in [0, 0.05) is 35.6 Å². The molecule has 0 heterocycles. The van der Waals surface area contributed by atoms with Crippen LogP contribution >= 0.6 is 23.2 Å². The van der Waals surface area contributed by atoms with E-state index in [0.29, 0.717) is 17.5 Å². The van der Waals surface area contributed by atoms with Crippen LogP contribution in [0.2, 0.25) is 10.0 Å². The quantitative estimate of drug-likeness (QED) is 0.623. The molecule has 0 aliphatic heterocycles. The van der Waals surface area contributed by atoms with E-state index < -0.39 is 0 Å². The summed E-state index contributed by atoms with van der Waals surface area (Å²) >= 11 is 12.2. The average Bonchev–Trinajstić information content (AvgIpc) is 3.12. The number of halogens is 2. The van der Waals surface area contributed by atoms with E-state index in [9.17, 15) is 0 Å². The molecule has 1 aromatic rings. The fourth-order valence-corrected chi connectivity index (χ4v) is 2.35. The maximum Gasteiger partial charge on any atom is 0.0918 e. The molecule has 1 saturated carbocycles. The van der Waals surface area contributed by atoms with Crippen LogP contribution in [0.5, 0.6) is 0 Å². The van der Waals surface area contributed by atoms with Crippen molar-refractivity contribution in [3.05, 3.63) is 33.8 Å². The minimum Gasteiger partial charge on any atom is -0.388 e. The highest BCUT2D eigenvalue weighted by Crippen LogP contribution is 2.30. The Morgan fingerprint density at radius 2 is 2.11 bits per heavy atom. The molecule has 1 aliphatic rings. The molecular formula is C13H17Cl2N3. The summed E-state index contributed by atoms with van der Waals surface area (Å²) in [4.78, 5) is 2.33. The number of nitrogens with one attached hydrogen (secondary N) is 1. The lowest BCUT2D eigenvalue weighted by Crippen LogP contribution is -2.29. The second-order valence-corrected chi connectivity index (χ2v) is 5.56. The fourth-order valence-electron chi connectivity index (χ4n) is 1.98. The second kappa shape index (κ2) is 5.91. The minimum atomic E-state index is 0.234. The SMILES string of the molecule is N=C(N)CCN(Cc1cc(Cl)ccc1Cl)C1CC1. The monoisotopic (exact) mass is 285 g/mol. The number of nitrogens with two attached hydrogens (primary N) is 1. The summed E-state index contributed by atoms with van der Waals surface area (Å²) in [6, 6.07) is 6.15. The first-order valence-corrected chi connectivity index (χ1v) is 6.82. The third kappa shape index (κ3) is 3.87. The summed E-state index contributed by atoms with van der Waals surface area (Å²) in [5.41, 5.74) is 6.46. The van der Waals surface area contributed by atoms with Crippen LogP contribution in [0.25, 0.3) is 0 Å². The molecular weight excluding hydrogens is 269 g/mol. The Balaban J connectivity index is 2.03. The summed E-state index contributed by atoms with van der Waals surface area (Å²) in [5, 5.41) is 8.76. The average molecular weight is 286 g/mol. The first kappa shape index (κ1) is 13.7. The minimum absolute atomic E-state index is 0.234. The van der Waals surface area contributed by atoms with Crippen molar-refractivity contribution in [1.82, 2.24) is 4.90 Å². The highest BCUT2D eigenvalue weighted by atomic mass is 35.5. The first-order chi connectivity index (χ1) is 8.56. The van der Waals surface area contributed by atoms with Crippen LogP contribution < -0.4 is 5.73 Å². The van der Waals surface area contributed by atoms with Crippen molar-refractivity contribution in [2.24, 2.45) is 5.73 Å². The number of amidine groups is 1. The van der Waals surface area contributed by atoms with Crippen LogP contribution in [-0.2, 0) is 6.54 Å². The molecule has 5 heteroatoms. The molecule has 0 radical (unpaired) electrons. The molecule has 1 aromatic carbocycles. The van der Waals surface area contributed by atoms with Crippen LogP contribution in [0.4, 0.5) is 0 Å². The van der Waals surface area contributed by atoms with Crippen LogP contribution in [0.3, 0.4) is 0 Å². The van der Waals surface area contributed by atoms with Crippen LogP contribution in [0.15, 0.2) is 18.2 Å². The standard InChI is InChI=1S/C13H17Cl2N3/c14-10-1-4-12(15)9(7-10)8-18(11-2-3-11)6-5-13(16)17/h1,4,7,11H,2-3,5-6,8H2,(H3,16,17). The van der Waals surface area contributed by atoms with E-state index in [-0.39, 0.29) is 5.84 Å². The Bertz CT molecular complexity index is 444. The van der Waals surface area contributed by atoms with Gasteiger partial charge in [-0.3, -0.25) is 10.3 Å². The van der Waals surface area contributed by atoms with Crippen molar-refractivity contribution in [3.63, 3.8) is 0 Å². The fraction of sp³-hybridized carbons (Fsp3) is 0.462. The van der Waals surface area contributed by atoms with E-state index in [4.69, 9.17) is 34.3 Å². The Morgan fingerprint density at radius 1 is 1.39 bits per heavy atom. The van der Waals surface area contributed by atoms with E-state index in [1.54, 1.807) is 6.07 Å². The van der Waals surface area contributed by atoms with Crippen molar-refractivity contribution in [2.75, 3.05) is 6.54 Å². The molecule has 1 fully saturated rings. The van der Waals surface area contributed by atoms with E-state index in [0.717, 1.165) is 23.7 Å². The second-order valence-electron chi connectivity index (χ2n) is 4.71. The number of hydrogen-bond acceptors (Lipinski definition) is 2. The lowest BCUT2D eigenvalue weighted by Gasteiger charge is -2.22. The predicted molar refractivity (Wildman–Crippen MR) is 76.4 cm³/mol. The topological polar surface area (TPSA) is 53.1 Å². The molecule has 0 amide bonds. The predicted octanol–water partition coefficient (Wildman–Crippen LogP) is 3.28. The maximum absolute atomic E-state index is 7.31. The van der Waals surface area contributed by atoms with Gasteiger partial charge >= 0.3 is 0 Å². The van der Waals surface area contributed by atoms with Crippen molar-refractivity contribution in [3.8, 4) is 0 Å². The van der Waals surface area contributed by atoms with Gasteiger partial charge in [0.1, 0.15) is 0 Å². The molecule has 0 aromatic heterocycles. The van der Waals surface area contributed by atoms with E-state index in [2.05, 4.69) is 4.90 Å². The zero-order chi connectivity index (χ0) is 13.1. The summed E-state index contributed by atoms with van der Waals surface area (Å²) in [5.74, 6) is 0.234. The van der Waals surface area contributed by atoms with Gasteiger partial charge in [-0.2, -0.15) is 0 Å². The zero-order valence-electron chi connectivity index (χ0n) is 10.1. The molecule has 2 rings (SSSR count). The first-order valence-electron chi connectivity index (χ1n) is 6.07. The molecule has 18 heavy (non-hydrogen) atoms. The lowest BCUT2D eigenvalue weighted by atomic mass is 10.2. The van der Waals surface area contributed by atoms with Crippen molar-refractivity contribution < 1.29 is 0 Å². The van der Waals surface area contributed by atoms with Gasteiger partial charge in [-0.15, -0.1) is 0 Å². The van der Waals surface area contributed by atoms with E-state index in [1.807, 2.05) is 12.1 Å². The van der Waals surface area contributed by atoms with Crippen LogP contribution in [-0.4, -0.2) is 23.3 Å². The normalized spacial score (nSPS) is 15.1. The third-order valence-electron chi connectivity index (χ3n) is 3.11. The number of benzene rings is 1. The summed E-state index contributed by atoms with van der Waals surface area (Å²) in [6.45, 7) is 1.58. The Kier molecular flexibility index (Phi) is 4.49. The van der Waals surface area contributed by atoms with Gasteiger partial charge in [0.25, 0.3) is 0 Å². The van der Waals surface area contributed by atoms with Gasteiger partial charge in [-0.05, 0) is 36.6 Å². The highest BCUT2D eigenvalue weighted by Gasteiger charge is 2.29. The Hall–Kier alpha value is -0.770. The van der Waals surface area contributed by atoms with Gasteiger partial charge in [0.2, 0.25) is 0 Å². The van der Waals surface area contributed by atoms with Gasteiger partial charge in [0.05, 0.1) is 5.84 Å². The van der Waals surface area contributed by atoms with Crippen molar-refractivity contribution >= 4 is 29.0 Å². The van der Waals surface area contributed by atoms with Gasteiger partial charge in [-0.1, -0.05) is 23.2 Å². The summed E-state index contributed by atoms with van der Waals surface area (Å²) in [7, 11) is 0. The highest BCUT2D eigenvalue weighted by molar-refractivity contribution is 6.33. The van der Waals surface area contributed by atoms with E-state index in [1.165, 1.54) is 12.8 Å². The lowest BCUT2D eigenvalue weighted by molar-refractivity contribution is 0.262. The molecule has 0 atom stereocenters. The number of nitrogens with zero attached hydrogens (tertiary/aromatic N) is 1. The number of rotatable bonds is 6. The van der Waals surface area contributed by atoms with Gasteiger partial charge in [0.15, 0.2) is 0 Å². The molecule has 3 N–H and O–H groups in total. The van der Waals surface area contributed by atoms with Crippen molar-refractivity contribution in [2.45, 2.75) is 31.8 Å². The number of hydrogen-bond donors (Lipinski definition) is 2. The summed E-state index contributed by atoms with van der Waals surface area (Å²) in [6.07, 6.45) is 3.04. The summed E-state index contributed by atoms with van der Waals surface area (Å²) < 4.78 is 0. The van der Waals surface area contributed by atoms with Gasteiger partial charge < -0.3 is 5.73 Å². The molecule has 0 saturated heterocycles. The largest absolute Gasteiger partial charge is 0.388 e. The van der Waals surface area contributed by atoms with Crippen LogP contribution in [0, 0.1) is 5.41 Å².